The van der Waals surface area contributed by atoms with E-state index in [2.05, 4.69) is 5.32 Å². The Morgan fingerprint density at radius 2 is 2.00 bits per heavy atom. The van der Waals surface area contributed by atoms with Gasteiger partial charge in [0.1, 0.15) is 16.3 Å². The molecule has 1 aliphatic carbocycles. The molecule has 1 fully saturated rings. The Balaban J connectivity index is 2.15. The average Bonchev–Trinajstić information content (AvgIpc) is 2.30. The molecule has 1 saturated carbocycles. The number of carbonyl (C=O) groups excluding carboxylic acids is 1. The van der Waals surface area contributed by atoms with Crippen LogP contribution in [0.4, 0.5) is 8.78 Å². The molecule has 1 aliphatic rings. The molecule has 0 saturated heterocycles. The number of halogens is 3. The summed E-state index contributed by atoms with van der Waals surface area (Å²) in [5.41, 5.74) is -0.926. The lowest BCUT2D eigenvalue weighted by molar-refractivity contribution is 0.0940. The van der Waals surface area contributed by atoms with Gasteiger partial charge in [0.15, 0.2) is 5.82 Å². The SMILES string of the molecule is O=C(NCCC1CCC1)c1c(F)ccc(S(=O)(=O)Cl)c1F. The van der Waals surface area contributed by atoms with Gasteiger partial charge in [0, 0.05) is 17.2 Å². The van der Waals surface area contributed by atoms with Crippen LogP contribution in [0.5, 0.6) is 0 Å². The van der Waals surface area contributed by atoms with Crippen molar-refractivity contribution >= 4 is 25.6 Å². The van der Waals surface area contributed by atoms with Crippen LogP contribution in [-0.4, -0.2) is 20.9 Å². The molecule has 0 heterocycles. The van der Waals surface area contributed by atoms with Crippen LogP contribution in [0.1, 0.15) is 36.0 Å². The van der Waals surface area contributed by atoms with E-state index in [1.807, 2.05) is 0 Å². The first-order valence-corrected chi connectivity index (χ1v) is 8.82. The van der Waals surface area contributed by atoms with Crippen molar-refractivity contribution in [3.8, 4) is 0 Å². The van der Waals surface area contributed by atoms with Crippen LogP contribution in [-0.2, 0) is 9.05 Å². The summed E-state index contributed by atoms with van der Waals surface area (Å²) in [6.45, 7) is 0.292. The van der Waals surface area contributed by atoms with Crippen LogP contribution >= 0.6 is 10.7 Å². The number of nitrogens with one attached hydrogen (secondary N) is 1. The van der Waals surface area contributed by atoms with E-state index in [9.17, 15) is 22.0 Å². The van der Waals surface area contributed by atoms with Crippen molar-refractivity contribution in [1.29, 1.82) is 0 Å². The first kappa shape index (κ1) is 16.2. The highest BCUT2D eigenvalue weighted by Gasteiger charge is 2.26. The van der Waals surface area contributed by atoms with E-state index in [4.69, 9.17) is 10.7 Å². The molecule has 1 aromatic carbocycles. The zero-order valence-corrected chi connectivity index (χ0v) is 12.6. The van der Waals surface area contributed by atoms with Crippen LogP contribution in [0, 0.1) is 17.6 Å². The molecule has 0 spiro atoms. The molecule has 1 N–H and O–H groups in total. The molecule has 0 radical (unpaired) electrons. The molecule has 0 unspecified atom stereocenters. The minimum atomic E-state index is -4.38. The Hall–Kier alpha value is -1.21. The molecule has 2 rings (SSSR count). The van der Waals surface area contributed by atoms with Gasteiger partial charge in [-0.15, -0.1) is 0 Å². The van der Waals surface area contributed by atoms with E-state index < -0.39 is 37.1 Å². The van der Waals surface area contributed by atoms with Gasteiger partial charge in [-0.1, -0.05) is 19.3 Å². The molecule has 8 heteroatoms. The highest BCUT2D eigenvalue weighted by atomic mass is 35.7. The molecule has 116 valence electrons. The smallest absolute Gasteiger partial charge is 0.264 e. The molecular formula is C13H14ClF2NO3S. The molecule has 0 aliphatic heterocycles. The van der Waals surface area contributed by atoms with Gasteiger partial charge in [-0.25, -0.2) is 17.2 Å². The number of carbonyl (C=O) groups is 1. The fourth-order valence-corrected chi connectivity index (χ4v) is 3.09. The van der Waals surface area contributed by atoms with Crippen molar-refractivity contribution in [2.75, 3.05) is 6.54 Å². The normalized spacial score (nSPS) is 15.6. The summed E-state index contributed by atoms with van der Waals surface area (Å²) < 4.78 is 49.9. The van der Waals surface area contributed by atoms with Crippen molar-refractivity contribution in [3.63, 3.8) is 0 Å². The molecule has 0 aromatic heterocycles. The monoisotopic (exact) mass is 337 g/mol. The number of rotatable bonds is 5. The van der Waals surface area contributed by atoms with Crippen LogP contribution in [0.15, 0.2) is 17.0 Å². The van der Waals surface area contributed by atoms with Gasteiger partial charge in [-0.2, -0.15) is 0 Å². The van der Waals surface area contributed by atoms with Gasteiger partial charge in [0.25, 0.3) is 15.0 Å². The molecule has 0 bridgehead atoms. The minimum Gasteiger partial charge on any atom is -0.352 e. The summed E-state index contributed by atoms with van der Waals surface area (Å²) >= 11 is 0. The van der Waals surface area contributed by atoms with E-state index >= 15 is 0 Å². The highest BCUT2D eigenvalue weighted by Crippen LogP contribution is 2.29. The molecular weight excluding hydrogens is 324 g/mol. The topological polar surface area (TPSA) is 63.2 Å². The minimum absolute atomic E-state index is 0.292. The Morgan fingerprint density at radius 3 is 2.52 bits per heavy atom. The Bertz CT molecular complexity index is 660. The summed E-state index contributed by atoms with van der Waals surface area (Å²) in [7, 11) is 0.659. The van der Waals surface area contributed by atoms with Crippen molar-refractivity contribution in [2.45, 2.75) is 30.6 Å². The fraction of sp³-hybridized carbons (Fsp3) is 0.462. The lowest BCUT2D eigenvalue weighted by atomic mass is 9.83. The van der Waals surface area contributed by atoms with E-state index in [0.29, 0.717) is 24.6 Å². The molecule has 1 amide bonds. The van der Waals surface area contributed by atoms with Crippen LogP contribution in [0.2, 0.25) is 0 Å². The number of benzene rings is 1. The van der Waals surface area contributed by atoms with Crippen molar-refractivity contribution in [3.05, 3.63) is 29.3 Å². The molecule has 4 nitrogen and oxygen atoms in total. The quantitative estimate of drug-likeness (QED) is 0.840. The highest BCUT2D eigenvalue weighted by molar-refractivity contribution is 8.13. The Morgan fingerprint density at radius 1 is 1.33 bits per heavy atom. The summed E-state index contributed by atoms with van der Waals surface area (Å²) in [4.78, 5) is 10.9. The van der Waals surface area contributed by atoms with Gasteiger partial charge in [-0.05, 0) is 24.5 Å². The maximum Gasteiger partial charge on any atom is 0.264 e. The van der Waals surface area contributed by atoms with Gasteiger partial charge in [-0.3, -0.25) is 4.79 Å². The maximum atomic E-state index is 14.0. The second-order valence-corrected chi connectivity index (χ2v) is 7.55. The van der Waals surface area contributed by atoms with Gasteiger partial charge < -0.3 is 5.32 Å². The van der Waals surface area contributed by atoms with Crippen molar-refractivity contribution in [2.24, 2.45) is 5.92 Å². The first-order valence-electron chi connectivity index (χ1n) is 6.51. The Labute approximate surface area is 125 Å². The number of hydrogen-bond donors (Lipinski definition) is 1. The second-order valence-electron chi connectivity index (χ2n) is 5.01. The van der Waals surface area contributed by atoms with Crippen LogP contribution in [0.3, 0.4) is 0 Å². The van der Waals surface area contributed by atoms with Crippen LogP contribution in [0.25, 0.3) is 0 Å². The summed E-state index contributed by atoms with van der Waals surface area (Å²) in [5, 5.41) is 2.40. The summed E-state index contributed by atoms with van der Waals surface area (Å²) in [6, 6.07) is 1.40. The standard InChI is InChI=1S/C13H14ClF2NO3S/c14-21(19,20)10-5-4-9(15)11(12(10)16)13(18)17-7-6-8-2-1-3-8/h4-5,8H,1-3,6-7H2,(H,17,18). The maximum absolute atomic E-state index is 14.0. The third-order valence-electron chi connectivity index (χ3n) is 3.61. The molecule has 0 atom stereocenters. The third kappa shape index (κ3) is 3.71. The van der Waals surface area contributed by atoms with Gasteiger partial charge in [0.2, 0.25) is 0 Å². The number of amides is 1. The van der Waals surface area contributed by atoms with E-state index in [1.54, 1.807) is 0 Å². The second kappa shape index (κ2) is 6.27. The van der Waals surface area contributed by atoms with Gasteiger partial charge >= 0.3 is 0 Å². The fourth-order valence-electron chi connectivity index (χ4n) is 2.19. The molecule has 21 heavy (non-hydrogen) atoms. The van der Waals surface area contributed by atoms with Crippen molar-refractivity contribution < 1.29 is 22.0 Å². The Kier molecular flexibility index (Phi) is 4.83. The molecule has 1 aromatic rings. The zero-order chi connectivity index (χ0) is 15.6. The lowest BCUT2D eigenvalue weighted by Crippen LogP contribution is -2.29. The predicted molar refractivity (Wildman–Crippen MR) is 73.7 cm³/mol. The average molecular weight is 338 g/mol. The van der Waals surface area contributed by atoms with Gasteiger partial charge in [0.05, 0.1) is 0 Å². The lowest BCUT2D eigenvalue weighted by Gasteiger charge is -2.25. The van der Waals surface area contributed by atoms with E-state index in [-0.39, 0.29) is 0 Å². The number of hydrogen-bond acceptors (Lipinski definition) is 3. The summed E-state index contributed by atoms with van der Waals surface area (Å²) in [6.07, 6.45) is 4.09. The first-order chi connectivity index (χ1) is 9.80. The largest absolute Gasteiger partial charge is 0.352 e. The predicted octanol–water partition coefficient (Wildman–Crippen LogP) is 2.81. The third-order valence-corrected chi connectivity index (χ3v) is 4.95. The van der Waals surface area contributed by atoms with Crippen LogP contribution < -0.4 is 5.32 Å². The van der Waals surface area contributed by atoms with E-state index in [0.717, 1.165) is 25.7 Å². The zero-order valence-electron chi connectivity index (χ0n) is 11.0. The van der Waals surface area contributed by atoms with E-state index in [1.165, 1.54) is 0 Å². The van der Waals surface area contributed by atoms with Crippen molar-refractivity contribution in [1.82, 2.24) is 5.32 Å². The summed E-state index contributed by atoms with van der Waals surface area (Å²) in [5.74, 6) is -3.04.